The summed E-state index contributed by atoms with van der Waals surface area (Å²) in [6, 6.07) is 56.3. The number of nitrogens with one attached hydrogen (secondary N) is 3. The largest absolute Gasteiger partial charge is 0.455 e. The van der Waals surface area contributed by atoms with Crippen molar-refractivity contribution in [2.45, 2.75) is 18.6 Å². The molecule has 0 spiro atoms. The maximum atomic E-state index is 6.73. The van der Waals surface area contributed by atoms with Crippen molar-refractivity contribution in [2.75, 3.05) is 0 Å². The minimum atomic E-state index is -0.186. The summed E-state index contributed by atoms with van der Waals surface area (Å²) in [7, 11) is 0. The van der Waals surface area contributed by atoms with Crippen molar-refractivity contribution < 1.29 is 4.42 Å². The highest BCUT2D eigenvalue weighted by Gasteiger charge is 2.32. The van der Waals surface area contributed by atoms with Gasteiger partial charge < -0.3 is 8.98 Å². The van der Waals surface area contributed by atoms with Crippen molar-refractivity contribution in [1.29, 1.82) is 0 Å². The van der Waals surface area contributed by atoms with E-state index in [-0.39, 0.29) is 18.6 Å². The van der Waals surface area contributed by atoms with Gasteiger partial charge in [0, 0.05) is 42.6 Å². The van der Waals surface area contributed by atoms with Crippen LogP contribution in [-0.4, -0.2) is 4.57 Å². The molecule has 0 bridgehead atoms. The van der Waals surface area contributed by atoms with Gasteiger partial charge in [0.2, 0.25) is 0 Å². The molecule has 1 aliphatic rings. The normalized spacial score (nSPS) is 18.2. The maximum Gasteiger partial charge on any atom is 0.153 e. The van der Waals surface area contributed by atoms with Gasteiger partial charge in [0.1, 0.15) is 11.9 Å². The summed E-state index contributed by atoms with van der Waals surface area (Å²) in [6.45, 7) is 0. The Morgan fingerprint density at radius 1 is 0.490 bits per heavy atom. The Morgan fingerprint density at radius 2 is 1.12 bits per heavy atom. The zero-order valence-electron chi connectivity index (χ0n) is 27.5. The second kappa shape index (κ2) is 11.4. The standard InChI is InChI=1S/C45H32N4OS/c1-3-13-27(14-4-1)29-19-12-24-38-39(29)34-26-25-33-32-20-11-21-35(41(32)51-42(33)40(34)50-38)44-46-43(28-15-5-2-6-16-28)47-45(48-44)49-36-22-9-7-17-30(36)31-18-8-10-23-37(31)49/h1-26,43-48H. The topological polar surface area (TPSA) is 54.2 Å². The molecule has 7 aromatic carbocycles. The van der Waals surface area contributed by atoms with Crippen LogP contribution in [-0.2, 0) is 0 Å². The molecule has 244 valence electrons. The van der Waals surface area contributed by atoms with Crippen molar-refractivity contribution in [3.05, 3.63) is 169 Å². The first-order valence-electron chi connectivity index (χ1n) is 17.5. The van der Waals surface area contributed by atoms with E-state index in [0.717, 1.165) is 16.6 Å². The SMILES string of the molecule is c1ccc(-c2cccc3oc4c(ccc5c6cccc(C7NC(c8ccccc8)NC(n8c9ccccc9c9ccccc98)N7)c6sc54)c23)cc1. The van der Waals surface area contributed by atoms with Gasteiger partial charge in [0.25, 0.3) is 0 Å². The predicted molar refractivity (Wildman–Crippen MR) is 212 cm³/mol. The zero-order valence-corrected chi connectivity index (χ0v) is 28.3. The van der Waals surface area contributed by atoms with Crippen LogP contribution in [0.5, 0.6) is 0 Å². The van der Waals surface area contributed by atoms with Crippen LogP contribution in [0.4, 0.5) is 0 Å². The van der Waals surface area contributed by atoms with E-state index in [2.05, 4.69) is 178 Å². The highest BCUT2D eigenvalue weighted by atomic mass is 32.1. The molecular weight excluding hydrogens is 645 g/mol. The Bertz CT molecular complexity index is 2870. The van der Waals surface area contributed by atoms with E-state index in [9.17, 15) is 0 Å². The molecule has 0 aliphatic carbocycles. The molecule has 11 rings (SSSR count). The summed E-state index contributed by atoms with van der Waals surface area (Å²) in [5.41, 5.74) is 9.05. The van der Waals surface area contributed by atoms with Gasteiger partial charge in [-0.1, -0.05) is 133 Å². The summed E-state index contributed by atoms with van der Waals surface area (Å²) < 4.78 is 11.6. The van der Waals surface area contributed by atoms with Gasteiger partial charge in [-0.05, 0) is 41.0 Å². The molecule has 5 nitrogen and oxygen atoms in total. The van der Waals surface area contributed by atoms with Crippen molar-refractivity contribution in [1.82, 2.24) is 20.5 Å². The van der Waals surface area contributed by atoms with Gasteiger partial charge >= 0.3 is 0 Å². The molecule has 1 aliphatic heterocycles. The van der Waals surface area contributed by atoms with Crippen LogP contribution >= 0.6 is 11.3 Å². The Kier molecular flexibility index (Phi) is 6.48. The smallest absolute Gasteiger partial charge is 0.153 e. The molecule has 1 fully saturated rings. The fourth-order valence-corrected chi connectivity index (χ4v) is 9.60. The molecule has 3 atom stereocenters. The number of aromatic nitrogens is 1. The molecule has 3 unspecified atom stereocenters. The van der Waals surface area contributed by atoms with Crippen molar-refractivity contribution >= 4 is 75.3 Å². The third kappa shape index (κ3) is 4.45. The van der Waals surface area contributed by atoms with Crippen LogP contribution in [0.1, 0.15) is 29.7 Å². The van der Waals surface area contributed by atoms with Crippen LogP contribution in [0.3, 0.4) is 0 Å². The summed E-state index contributed by atoms with van der Waals surface area (Å²) in [6.07, 6.45) is -0.422. The van der Waals surface area contributed by atoms with Gasteiger partial charge in [0.05, 0.1) is 28.1 Å². The number of hydrogen-bond donors (Lipinski definition) is 3. The number of benzene rings is 7. The fraction of sp³-hybridized carbons (Fsp3) is 0.0667. The lowest BCUT2D eigenvalue weighted by atomic mass is 9.99. The lowest BCUT2D eigenvalue weighted by molar-refractivity contribution is 0.162. The molecule has 1 saturated heterocycles. The van der Waals surface area contributed by atoms with Gasteiger partial charge in [-0.2, -0.15) is 0 Å². The minimum absolute atomic E-state index is 0.0921. The third-order valence-electron chi connectivity index (χ3n) is 10.5. The molecular formula is C45H32N4OS. The second-order valence-corrected chi connectivity index (χ2v) is 14.4. The first-order valence-corrected chi connectivity index (χ1v) is 18.3. The number of hydrogen-bond acceptors (Lipinski definition) is 5. The number of para-hydroxylation sites is 2. The summed E-state index contributed by atoms with van der Waals surface area (Å²) >= 11 is 1.83. The number of fused-ring (bicyclic) bond motifs is 10. The number of furan rings is 1. The number of thiophene rings is 1. The summed E-state index contributed by atoms with van der Waals surface area (Å²) in [4.78, 5) is 0. The van der Waals surface area contributed by atoms with Crippen LogP contribution < -0.4 is 16.0 Å². The minimum Gasteiger partial charge on any atom is -0.455 e. The third-order valence-corrected chi connectivity index (χ3v) is 11.8. The van der Waals surface area contributed by atoms with Crippen LogP contribution in [0.25, 0.3) is 75.0 Å². The Balaban J connectivity index is 1.09. The molecule has 6 heteroatoms. The van der Waals surface area contributed by atoms with E-state index in [1.807, 2.05) is 11.3 Å². The van der Waals surface area contributed by atoms with Gasteiger partial charge in [0.15, 0.2) is 5.58 Å². The summed E-state index contributed by atoms with van der Waals surface area (Å²) in [5.74, 6) is 0. The molecule has 4 heterocycles. The maximum absolute atomic E-state index is 6.73. The highest BCUT2D eigenvalue weighted by molar-refractivity contribution is 7.26. The highest BCUT2D eigenvalue weighted by Crippen LogP contribution is 2.46. The van der Waals surface area contributed by atoms with E-state index in [1.165, 1.54) is 69.6 Å². The first-order chi connectivity index (χ1) is 25.3. The quantitative estimate of drug-likeness (QED) is 0.174. The van der Waals surface area contributed by atoms with E-state index in [1.54, 1.807) is 0 Å². The van der Waals surface area contributed by atoms with Crippen LogP contribution in [0, 0.1) is 0 Å². The molecule has 10 aromatic rings. The Hall–Kier alpha value is -5.76. The zero-order chi connectivity index (χ0) is 33.5. The monoisotopic (exact) mass is 676 g/mol. The van der Waals surface area contributed by atoms with Crippen molar-refractivity contribution in [3.8, 4) is 11.1 Å². The second-order valence-electron chi connectivity index (χ2n) is 13.4. The summed E-state index contributed by atoms with van der Waals surface area (Å²) in [5, 5.41) is 19.1. The van der Waals surface area contributed by atoms with Gasteiger partial charge in [-0.3, -0.25) is 16.0 Å². The van der Waals surface area contributed by atoms with Crippen molar-refractivity contribution in [2.24, 2.45) is 0 Å². The molecule has 0 amide bonds. The molecule has 3 aromatic heterocycles. The average molecular weight is 677 g/mol. The Labute approximate surface area is 297 Å². The molecule has 0 saturated carbocycles. The van der Waals surface area contributed by atoms with Gasteiger partial charge in [-0.15, -0.1) is 11.3 Å². The first kappa shape index (κ1) is 29.0. The van der Waals surface area contributed by atoms with E-state index >= 15 is 0 Å². The van der Waals surface area contributed by atoms with E-state index < -0.39 is 0 Å². The van der Waals surface area contributed by atoms with Crippen LogP contribution in [0.15, 0.2) is 162 Å². The van der Waals surface area contributed by atoms with E-state index in [4.69, 9.17) is 4.42 Å². The lowest BCUT2D eigenvalue weighted by Gasteiger charge is -2.40. The fourth-order valence-electron chi connectivity index (χ4n) is 8.27. The lowest BCUT2D eigenvalue weighted by Crippen LogP contribution is -2.56. The molecule has 0 radical (unpaired) electrons. The molecule has 51 heavy (non-hydrogen) atoms. The molecule has 3 N–H and O–H groups in total. The van der Waals surface area contributed by atoms with Crippen molar-refractivity contribution in [3.63, 3.8) is 0 Å². The number of nitrogens with zero attached hydrogens (tertiary/aromatic N) is 1. The van der Waals surface area contributed by atoms with Crippen LogP contribution in [0.2, 0.25) is 0 Å². The predicted octanol–water partition coefficient (Wildman–Crippen LogP) is 11.4. The van der Waals surface area contributed by atoms with Gasteiger partial charge in [-0.25, -0.2) is 0 Å². The van der Waals surface area contributed by atoms with E-state index in [0.29, 0.717) is 0 Å². The Morgan fingerprint density at radius 3 is 1.90 bits per heavy atom. The average Bonchev–Trinajstić information content (AvgIpc) is 3.88. The number of rotatable bonds is 4.